The van der Waals surface area contributed by atoms with E-state index in [2.05, 4.69) is 30.9 Å². The fraction of sp³-hybridized carbons (Fsp3) is 0.464. The van der Waals surface area contributed by atoms with Gasteiger partial charge in [0.05, 0.1) is 12.4 Å². The second kappa shape index (κ2) is 15.0. The van der Waals surface area contributed by atoms with Crippen LogP contribution in [0.5, 0.6) is 0 Å². The monoisotopic (exact) mass is 568 g/mol. The highest BCUT2D eigenvalue weighted by Crippen LogP contribution is 2.19. The van der Waals surface area contributed by atoms with Crippen LogP contribution < -0.4 is 27.4 Å². The SMILES string of the molecule is CC(C)C(N)C(=O)NC(CCCCN)C(=O)NC(Cc1cnc[nH]1)C(=O)NC(Cc1c[nH]c2ccccc12)C(=O)O. The van der Waals surface area contributed by atoms with Crippen LogP contribution in [0.2, 0.25) is 0 Å². The number of imidazole rings is 1. The van der Waals surface area contributed by atoms with Crippen molar-refractivity contribution in [3.8, 4) is 0 Å². The van der Waals surface area contributed by atoms with Crippen LogP contribution in [0.25, 0.3) is 10.9 Å². The third-order valence-electron chi connectivity index (χ3n) is 6.93. The minimum absolute atomic E-state index is 0.0198. The smallest absolute Gasteiger partial charge is 0.326 e. The molecule has 2 heterocycles. The molecular weight excluding hydrogens is 528 g/mol. The second-order valence-corrected chi connectivity index (χ2v) is 10.4. The molecule has 4 unspecified atom stereocenters. The molecule has 0 saturated heterocycles. The summed E-state index contributed by atoms with van der Waals surface area (Å²) in [5.41, 5.74) is 13.7. The summed E-state index contributed by atoms with van der Waals surface area (Å²) >= 11 is 0. The molecule has 10 N–H and O–H groups in total. The van der Waals surface area contributed by atoms with E-state index >= 15 is 0 Å². The molecule has 3 aromatic rings. The van der Waals surface area contributed by atoms with Crippen molar-refractivity contribution in [2.24, 2.45) is 17.4 Å². The average molecular weight is 569 g/mol. The summed E-state index contributed by atoms with van der Waals surface area (Å²) in [5, 5.41) is 18.8. The molecule has 2 aromatic heterocycles. The van der Waals surface area contributed by atoms with Gasteiger partial charge in [0.25, 0.3) is 0 Å². The molecule has 4 atom stereocenters. The van der Waals surface area contributed by atoms with Crippen LogP contribution in [-0.4, -0.2) is 74.5 Å². The van der Waals surface area contributed by atoms with Crippen molar-refractivity contribution in [1.29, 1.82) is 0 Å². The van der Waals surface area contributed by atoms with Crippen LogP contribution in [0, 0.1) is 5.92 Å². The van der Waals surface area contributed by atoms with Crippen molar-refractivity contribution in [1.82, 2.24) is 30.9 Å². The van der Waals surface area contributed by atoms with Gasteiger partial charge in [-0.25, -0.2) is 9.78 Å². The van der Waals surface area contributed by atoms with Gasteiger partial charge in [0.15, 0.2) is 0 Å². The van der Waals surface area contributed by atoms with Crippen LogP contribution in [0.1, 0.15) is 44.4 Å². The van der Waals surface area contributed by atoms with Crippen LogP contribution in [0.4, 0.5) is 0 Å². The number of unbranched alkanes of at least 4 members (excludes halogenated alkanes) is 1. The molecule has 13 nitrogen and oxygen atoms in total. The number of rotatable bonds is 16. The fourth-order valence-electron chi connectivity index (χ4n) is 4.42. The minimum Gasteiger partial charge on any atom is -0.480 e. The molecule has 0 spiro atoms. The normalized spacial score (nSPS) is 14.3. The topological polar surface area (TPSA) is 221 Å². The van der Waals surface area contributed by atoms with Gasteiger partial charge in [0.2, 0.25) is 17.7 Å². The maximum atomic E-state index is 13.5. The van der Waals surface area contributed by atoms with Crippen molar-refractivity contribution in [2.75, 3.05) is 6.54 Å². The van der Waals surface area contributed by atoms with Gasteiger partial charge in [-0.15, -0.1) is 0 Å². The summed E-state index contributed by atoms with van der Waals surface area (Å²) in [7, 11) is 0. The summed E-state index contributed by atoms with van der Waals surface area (Å²) < 4.78 is 0. The Hall–Kier alpha value is -4.23. The Kier molecular flexibility index (Phi) is 11.4. The first-order valence-electron chi connectivity index (χ1n) is 13.7. The number of hydrogen-bond acceptors (Lipinski definition) is 7. The molecule has 1 aromatic carbocycles. The number of benzene rings is 1. The van der Waals surface area contributed by atoms with Gasteiger partial charge in [-0.1, -0.05) is 32.0 Å². The molecule has 0 bridgehead atoms. The maximum Gasteiger partial charge on any atom is 0.326 e. The Morgan fingerprint density at radius 3 is 2.27 bits per heavy atom. The van der Waals surface area contributed by atoms with E-state index < -0.39 is 47.9 Å². The molecule has 0 aliphatic rings. The maximum absolute atomic E-state index is 13.5. The molecule has 0 aliphatic carbocycles. The fourth-order valence-corrected chi connectivity index (χ4v) is 4.42. The van der Waals surface area contributed by atoms with Crippen molar-refractivity contribution in [3.05, 3.63) is 54.2 Å². The lowest BCUT2D eigenvalue weighted by molar-refractivity contribution is -0.142. The number of aromatic nitrogens is 3. The first-order valence-corrected chi connectivity index (χ1v) is 13.7. The number of fused-ring (bicyclic) bond motifs is 1. The lowest BCUT2D eigenvalue weighted by atomic mass is 10.0. The Morgan fingerprint density at radius 1 is 0.927 bits per heavy atom. The summed E-state index contributed by atoms with van der Waals surface area (Å²) in [6.07, 6.45) is 6.20. The molecule has 0 radical (unpaired) electrons. The predicted octanol–water partition coefficient (Wildman–Crippen LogP) is 0.328. The summed E-state index contributed by atoms with van der Waals surface area (Å²) in [5.74, 6) is -3.12. The van der Waals surface area contributed by atoms with Crippen molar-refractivity contribution < 1.29 is 24.3 Å². The number of aliphatic carboxylic acids is 1. The number of nitrogens with one attached hydrogen (secondary N) is 5. The van der Waals surface area contributed by atoms with E-state index in [9.17, 15) is 24.3 Å². The van der Waals surface area contributed by atoms with Crippen LogP contribution >= 0.6 is 0 Å². The zero-order chi connectivity index (χ0) is 29.9. The molecule has 13 heteroatoms. The molecule has 3 amide bonds. The number of amides is 3. The number of carboxylic acids is 1. The van der Waals surface area contributed by atoms with E-state index in [0.29, 0.717) is 25.1 Å². The molecule has 41 heavy (non-hydrogen) atoms. The first-order chi connectivity index (χ1) is 19.6. The highest BCUT2D eigenvalue weighted by atomic mass is 16.4. The zero-order valence-corrected chi connectivity index (χ0v) is 23.4. The number of carbonyl (C=O) groups is 4. The molecule has 0 saturated carbocycles. The van der Waals surface area contributed by atoms with E-state index in [4.69, 9.17) is 11.5 Å². The van der Waals surface area contributed by atoms with Crippen LogP contribution in [0.15, 0.2) is 43.0 Å². The zero-order valence-electron chi connectivity index (χ0n) is 23.4. The average Bonchev–Trinajstić information content (AvgIpc) is 3.61. The van der Waals surface area contributed by atoms with Gasteiger partial charge in [0, 0.05) is 41.8 Å². The quantitative estimate of drug-likeness (QED) is 0.112. The number of aromatic amines is 2. The van der Waals surface area contributed by atoms with E-state index in [1.807, 2.05) is 24.3 Å². The van der Waals surface area contributed by atoms with Crippen LogP contribution in [-0.2, 0) is 32.0 Å². The van der Waals surface area contributed by atoms with Gasteiger partial charge in [-0.3, -0.25) is 14.4 Å². The summed E-state index contributed by atoms with van der Waals surface area (Å²) in [6, 6.07) is 3.27. The van der Waals surface area contributed by atoms with E-state index in [0.717, 1.165) is 16.5 Å². The summed E-state index contributed by atoms with van der Waals surface area (Å²) in [6.45, 7) is 4.02. The Balaban J connectivity index is 1.78. The Bertz CT molecular complexity index is 1310. The number of nitrogens with zero attached hydrogens (tertiary/aromatic N) is 1. The number of carbonyl (C=O) groups excluding carboxylic acids is 3. The van der Waals surface area contributed by atoms with Gasteiger partial charge in [0.1, 0.15) is 18.1 Å². The van der Waals surface area contributed by atoms with Crippen LogP contribution in [0.3, 0.4) is 0 Å². The predicted molar refractivity (Wildman–Crippen MR) is 153 cm³/mol. The number of nitrogens with two attached hydrogens (primary N) is 2. The Labute approximate surface area is 238 Å². The van der Waals surface area contributed by atoms with E-state index in [-0.39, 0.29) is 25.2 Å². The lowest BCUT2D eigenvalue weighted by Crippen LogP contribution is -2.58. The number of hydrogen-bond donors (Lipinski definition) is 8. The summed E-state index contributed by atoms with van der Waals surface area (Å²) in [4.78, 5) is 61.7. The van der Waals surface area contributed by atoms with Gasteiger partial charge >= 0.3 is 5.97 Å². The van der Waals surface area contributed by atoms with Crippen molar-refractivity contribution >= 4 is 34.6 Å². The molecule has 0 aliphatic heterocycles. The number of H-pyrrole nitrogens is 2. The largest absolute Gasteiger partial charge is 0.480 e. The molecular formula is C28H40N8O5. The van der Waals surface area contributed by atoms with Crippen molar-refractivity contribution in [3.63, 3.8) is 0 Å². The van der Waals surface area contributed by atoms with Gasteiger partial charge in [-0.2, -0.15) is 0 Å². The van der Waals surface area contributed by atoms with Gasteiger partial charge in [-0.05, 0) is 43.4 Å². The van der Waals surface area contributed by atoms with E-state index in [1.165, 1.54) is 12.5 Å². The number of para-hydroxylation sites is 1. The molecule has 3 rings (SSSR count). The van der Waals surface area contributed by atoms with Crippen molar-refractivity contribution in [2.45, 2.75) is 70.1 Å². The Morgan fingerprint density at radius 2 is 1.61 bits per heavy atom. The second-order valence-electron chi connectivity index (χ2n) is 10.4. The van der Waals surface area contributed by atoms with E-state index in [1.54, 1.807) is 20.0 Å². The highest BCUT2D eigenvalue weighted by molar-refractivity contribution is 5.94. The molecule has 222 valence electrons. The third kappa shape index (κ3) is 8.88. The minimum atomic E-state index is -1.26. The first kappa shape index (κ1) is 31.3. The lowest BCUT2D eigenvalue weighted by Gasteiger charge is -2.25. The molecule has 0 fully saturated rings. The third-order valence-corrected chi connectivity index (χ3v) is 6.93. The highest BCUT2D eigenvalue weighted by Gasteiger charge is 2.31. The standard InChI is InChI=1S/C28H40N8O5/c1-16(2)24(30)27(39)34-21(9-5-6-10-29)25(37)35-22(12-18-14-31-15-33-18)26(38)36-23(28(40)41)11-17-13-32-20-8-4-3-7-19(17)20/h3-4,7-8,13-16,21-24,32H,5-6,9-12,29-30H2,1-2H3,(H,31,33)(H,34,39)(H,35,37)(H,36,38)(H,40,41). The number of carboxylic acid groups (broad SMARTS) is 1. The van der Waals surface area contributed by atoms with Gasteiger partial charge < -0.3 is 42.5 Å².